The second-order valence-corrected chi connectivity index (χ2v) is 6.13. The Balaban J connectivity index is 1.83. The first kappa shape index (κ1) is 15.4. The number of carbonyl (C=O) groups excluding carboxylic acids is 1. The van der Waals surface area contributed by atoms with Crippen molar-refractivity contribution in [2.24, 2.45) is 0 Å². The van der Waals surface area contributed by atoms with E-state index in [9.17, 15) is 4.79 Å². The average Bonchev–Trinajstić information content (AvgIpc) is 3.09. The number of carbonyl (C=O) groups is 1. The molecular weight excluding hydrogens is 310 g/mol. The van der Waals surface area contributed by atoms with Crippen LogP contribution >= 0.6 is 11.8 Å². The van der Waals surface area contributed by atoms with Gasteiger partial charge in [-0.2, -0.15) is 0 Å². The number of aryl methyl sites for hydroxylation is 1. The van der Waals surface area contributed by atoms with Crippen molar-refractivity contribution in [2.45, 2.75) is 19.0 Å². The van der Waals surface area contributed by atoms with Gasteiger partial charge in [-0.05, 0) is 32.0 Å². The van der Waals surface area contributed by atoms with Crippen LogP contribution in [0.3, 0.4) is 0 Å². The van der Waals surface area contributed by atoms with Crippen LogP contribution in [0.25, 0.3) is 5.69 Å². The Morgan fingerprint density at radius 3 is 2.65 bits per heavy atom. The normalized spacial score (nSPS) is 10.9. The standard InChI is InChI=1S/C16H17N5OS/c1-11-8-14(12(2)21(11)13-6-4-3-5-7-13)15(22)9-23-16-19-18-10-20(16)17/h3-8,10H,9,17H2,1-2H3. The van der Waals surface area contributed by atoms with Crippen LogP contribution in [0.5, 0.6) is 0 Å². The van der Waals surface area contributed by atoms with E-state index >= 15 is 0 Å². The summed E-state index contributed by atoms with van der Waals surface area (Å²) < 4.78 is 3.40. The number of hydrogen-bond acceptors (Lipinski definition) is 5. The zero-order chi connectivity index (χ0) is 16.4. The SMILES string of the molecule is Cc1cc(C(=O)CSc2nncn2N)c(C)n1-c1ccccc1. The maximum absolute atomic E-state index is 12.5. The number of aromatic nitrogens is 4. The van der Waals surface area contributed by atoms with Crippen LogP contribution in [0.2, 0.25) is 0 Å². The highest BCUT2D eigenvalue weighted by Crippen LogP contribution is 2.23. The van der Waals surface area contributed by atoms with Crippen molar-refractivity contribution in [1.29, 1.82) is 0 Å². The lowest BCUT2D eigenvalue weighted by Crippen LogP contribution is -2.10. The maximum Gasteiger partial charge on any atom is 0.209 e. The van der Waals surface area contributed by atoms with E-state index in [0.29, 0.717) is 5.16 Å². The number of nitrogens with two attached hydrogens (primary N) is 1. The third-order valence-corrected chi connectivity index (χ3v) is 4.58. The Labute approximate surface area is 138 Å². The molecule has 2 heterocycles. The highest BCUT2D eigenvalue weighted by atomic mass is 32.2. The van der Waals surface area contributed by atoms with E-state index in [1.165, 1.54) is 22.8 Å². The molecule has 2 aromatic heterocycles. The van der Waals surface area contributed by atoms with E-state index in [0.717, 1.165) is 22.6 Å². The van der Waals surface area contributed by atoms with Gasteiger partial charge in [-0.3, -0.25) is 4.79 Å². The minimum absolute atomic E-state index is 0.0493. The Kier molecular flexibility index (Phi) is 4.20. The lowest BCUT2D eigenvalue weighted by Gasteiger charge is -2.09. The minimum atomic E-state index is 0.0493. The average molecular weight is 327 g/mol. The zero-order valence-electron chi connectivity index (χ0n) is 12.9. The monoisotopic (exact) mass is 327 g/mol. The molecule has 3 rings (SSSR count). The molecule has 0 unspecified atom stereocenters. The lowest BCUT2D eigenvalue weighted by molar-refractivity contribution is 0.102. The molecular formula is C16H17N5OS. The van der Waals surface area contributed by atoms with Crippen molar-refractivity contribution in [3.05, 3.63) is 59.7 Å². The fourth-order valence-electron chi connectivity index (χ4n) is 2.56. The van der Waals surface area contributed by atoms with Crippen LogP contribution in [0.4, 0.5) is 0 Å². The third kappa shape index (κ3) is 3.00. The van der Waals surface area contributed by atoms with Crippen LogP contribution in [0.15, 0.2) is 47.9 Å². The zero-order valence-corrected chi connectivity index (χ0v) is 13.7. The number of nitrogen functional groups attached to an aromatic ring is 1. The number of rotatable bonds is 5. The van der Waals surface area contributed by atoms with Gasteiger partial charge in [0.1, 0.15) is 6.33 Å². The van der Waals surface area contributed by atoms with Crippen molar-refractivity contribution in [3.8, 4) is 5.69 Å². The predicted molar refractivity (Wildman–Crippen MR) is 90.5 cm³/mol. The molecule has 0 aliphatic carbocycles. The van der Waals surface area contributed by atoms with Gasteiger partial charge in [0.05, 0.1) is 5.75 Å². The molecule has 6 nitrogen and oxygen atoms in total. The van der Waals surface area contributed by atoms with E-state index in [1.54, 1.807) is 0 Å². The molecule has 0 amide bonds. The fourth-order valence-corrected chi connectivity index (χ4v) is 3.28. The van der Waals surface area contributed by atoms with Gasteiger partial charge in [0.25, 0.3) is 0 Å². The van der Waals surface area contributed by atoms with Crippen LogP contribution in [-0.2, 0) is 0 Å². The van der Waals surface area contributed by atoms with Gasteiger partial charge in [0.2, 0.25) is 5.16 Å². The summed E-state index contributed by atoms with van der Waals surface area (Å²) in [6.45, 7) is 3.96. The van der Waals surface area contributed by atoms with Gasteiger partial charge >= 0.3 is 0 Å². The maximum atomic E-state index is 12.5. The van der Waals surface area contributed by atoms with E-state index < -0.39 is 0 Å². The number of thioether (sulfide) groups is 1. The highest BCUT2D eigenvalue weighted by molar-refractivity contribution is 7.99. The molecule has 0 spiro atoms. The summed E-state index contributed by atoms with van der Waals surface area (Å²) in [6.07, 6.45) is 1.41. The molecule has 0 bridgehead atoms. The first-order valence-corrected chi connectivity index (χ1v) is 8.12. The Morgan fingerprint density at radius 2 is 2.00 bits per heavy atom. The second-order valence-electron chi connectivity index (χ2n) is 5.19. The van der Waals surface area contributed by atoms with E-state index in [2.05, 4.69) is 14.8 Å². The number of hydrogen-bond donors (Lipinski definition) is 1. The Morgan fingerprint density at radius 1 is 1.26 bits per heavy atom. The molecule has 0 aliphatic heterocycles. The summed E-state index contributed by atoms with van der Waals surface area (Å²) in [4.78, 5) is 12.5. The number of Topliss-reactive ketones (excluding diaryl/α,β-unsaturated/α-hetero) is 1. The summed E-state index contributed by atoms with van der Waals surface area (Å²) in [7, 11) is 0. The Bertz CT molecular complexity index is 838. The topological polar surface area (TPSA) is 78.7 Å². The van der Waals surface area contributed by atoms with Crippen molar-refractivity contribution in [2.75, 3.05) is 11.6 Å². The molecule has 0 saturated heterocycles. The van der Waals surface area contributed by atoms with Crippen LogP contribution in [0.1, 0.15) is 21.7 Å². The van der Waals surface area contributed by atoms with Gasteiger partial charge in [-0.15, -0.1) is 10.2 Å². The molecule has 2 N–H and O–H groups in total. The van der Waals surface area contributed by atoms with Gasteiger partial charge < -0.3 is 10.4 Å². The van der Waals surface area contributed by atoms with Crippen molar-refractivity contribution < 1.29 is 4.79 Å². The fraction of sp³-hybridized carbons (Fsp3) is 0.188. The van der Waals surface area contributed by atoms with Gasteiger partial charge in [0.15, 0.2) is 5.78 Å². The largest absolute Gasteiger partial charge is 0.336 e. The molecule has 0 saturated carbocycles. The molecule has 0 fully saturated rings. The van der Waals surface area contributed by atoms with Crippen LogP contribution in [-0.4, -0.2) is 31.0 Å². The summed E-state index contributed by atoms with van der Waals surface area (Å²) >= 11 is 1.28. The van der Waals surface area contributed by atoms with Crippen LogP contribution < -0.4 is 5.84 Å². The molecule has 0 atom stereocenters. The minimum Gasteiger partial charge on any atom is -0.336 e. The number of para-hydroxylation sites is 1. The van der Waals surface area contributed by atoms with E-state index in [1.807, 2.05) is 50.2 Å². The molecule has 7 heteroatoms. The van der Waals surface area contributed by atoms with Gasteiger partial charge in [-0.1, -0.05) is 30.0 Å². The first-order valence-electron chi connectivity index (χ1n) is 7.13. The molecule has 23 heavy (non-hydrogen) atoms. The molecule has 118 valence electrons. The van der Waals surface area contributed by atoms with Crippen molar-refractivity contribution >= 4 is 17.5 Å². The molecule has 0 radical (unpaired) electrons. The van der Waals surface area contributed by atoms with Gasteiger partial charge in [0, 0.05) is 22.6 Å². The lowest BCUT2D eigenvalue weighted by atomic mass is 10.2. The van der Waals surface area contributed by atoms with Gasteiger partial charge in [-0.25, -0.2) is 4.68 Å². The van der Waals surface area contributed by atoms with Crippen LogP contribution in [0, 0.1) is 13.8 Å². The molecule has 0 aliphatic rings. The highest BCUT2D eigenvalue weighted by Gasteiger charge is 2.17. The second kappa shape index (κ2) is 6.29. The summed E-state index contributed by atoms with van der Waals surface area (Å²) in [6, 6.07) is 11.9. The van der Waals surface area contributed by atoms with E-state index in [4.69, 9.17) is 5.84 Å². The number of ketones is 1. The first-order chi connectivity index (χ1) is 11.1. The van der Waals surface area contributed by atoms with E-state index in [-0.39, 0.29) is 11.5 Å². The molecule has 1 aromatic carbocycles. The summed E-state index contributed by atoms with van der Waals surface area (Å²) in [5.74, 6) is 5.98. The van der Waals surface area contributed by atoms with Crippen molar-refractivity contribution in [3.63, 3.8) is 0 Å². The number of benzene rings is 1. The number of nitrogens with zero attached hydrogens (tertiary/aromatic N) is 4. The molecule has 3 aromatic rings. The quantitative estimate of drug-likeness (QED) is 0.442. The summed E-state index contributed by atoms with van der Waals surface area (Å²) in [5.41, 5.74) is 3.75. The predicted octanol–water partition coefficient (Wildman–Crippen LogP) is 2.37. The van der Waals surface area contributed by atoms with Crippen molar-refractivity contribution in [1.82, 2.24) is 19.4 Å². The third-order valence-electron chi connectivity index (χ3n) is 3.62. The Hall–Kier alpha value is -2.54. The summed E-state index contributed by atoms with van der Waals surface area (Å²) in [5, 5.41) is 8.09. The smallest absolute Gasteiger partial charge is 0.209 e.